The summed E-state index contributed by atoms with van der Waals surface area (Å²) in [5.41, 5.74) is 9.08. The molecule has 1 fully saturated rings. The Labute approximate surface area is 96.4 Å². The number of hydrogen-bond donors (Lipinski definition) is 1. The molecule has 2 rings (SSSR count). The van der Waals surface area contributed by atoms with Gasteiger partial charge in [0.25, 0.3) is 0 Å². The van der Waals surface area contributed by atoms with E-state index in [2.05, 4.69) is 31.4 Å². The van der Waals surface area contributed by atoms with E-state index in [1.54, 1.807) is 11.8 Å². The molecule has 0 aliphatic heterocycles. The molecule has 1 aromatic rings. The number of nitrogens with two attached hydrogens (primary N) is 1. The monoisotopic (exact) mass is 221 g/mol. The van der Waals surface area contributed by atoms with Gasteiger partial charge in [-0.3, -0.25) is 0 Å². The van der Waals surface area contributed by atoms with Crippen LogP contribution in [0.2, 0.25) is 0 Å². The van der Waals surface area contributed by atoms with Crippen molar-refractivity contribution in [3.05, 3.63) is 29.3 Å². The summed E-state index contributed by atoms with van der Waals surface area (Å²) in [4.78, 5) is 1.36. The summed E-state index contributed by atoms with van der Waals surface area (Å²) in [5.74, 6) is 0. The van der Waals surface area contributed by atoms with Crippen LogP contribution in [0.25, 0.3) is 0 Å². The van der Waals surface area contributed by atoms with Gasteiger partial charge in [-0.15, -0.1) is 11.8 Å². The zero-order valence-corrected chi connectivity index (χ0v) is 10.4. The van der Waals surface area contributed by atoms with E-state index in [1.807, 2.05) is 0 Å². The minimum atomic E-state index is -0.0400. The van der Waals surface area contributed by atoms with Gasteiger partial charge in [0, 0.05) is 10.4 Å². The SMILES string of the molecule is CSc1ccc(C2(N)CCCC2)cc1C. The molecule has 82 valence electrons. The molecule has 0 aromatic heterocycles. The highest BCUT2D eigenvalue weighted by atomic mass is 32.2. The molecule has 1 aliphatic rings. The molecule has 15 heavy (non-hydrogen) atoms. The van der Waals surface area contributed by atoms with Gasteiger partial charge in [0.05, 0.1) is 0 Å². The van der Waals surface area contributed by atoms with Gasteiger partial charge in [0.1, 0.15) is 0 Å². The molecule has 2 heteroatoms. The molecule has 0 atom stereocenters. The van der Waals surface area contributed by atoms with E-state index in [1.165, 1.54) is 28.9 Å². The second-order valence-electron chi connectivity index (χ2n) is 4.55. The highest BCUT2D eigenvalue weighted by Gasteiger charge is 2.31. The Bertz CT molecular complexity index is 354. The Morgan fingerprint density at radius 3 is 2.47 bits per heavy atom. The predicted octanol–water partition coefficient (Wildman–Crippen LogP) is 3.44. The average Bonchev–Trinajstić information content (AvgIpc) is 2.66. The van der Waals surface area contributed by atoms with Crippen LogP contribution in [0.4, 0.5) is 0 Å². The van der Waals surface area contributed by atoms with Gasteiger partial charge >= 0.3 is 0 Å². The van der Waals surface area contributed by atoms with Crippen LogP contribution in [0, 0.1) is 6.92 Å². The number of rotatable bonds is 2. The number of hydrogen-bond acceptors (Lipinski definition) is 2. The maximum Gasteiger partial charge on any atom is 0.0409 e. The summed E-state index contributed by atoms with van der Waals surface area (Å²) in [7, 11) is 0. The molecule has 0 heterocycles. The third-order valence-corrected chi connectivity index (χ3v) is 4.36. The van der Waals surface area contributed by atoms with E-state index in [0.29, 0.717) is 0 Å². The standard InChI is InChI=1S/C13H19NS/c1-10-9-11(5-6-12(10)15-2)13(14)7-3-4-8-13/h5-6,9H,3-4,7-8,14H2,1-2H3. The lowest BCUT2D eigenvalue weighted by molar-refractivity contribution is 0.461. The lowest BCUT2D eigenvalue weighted by atomic mass is 9.88. The van der Waals surface area contributed by atoms with Crippen molar-refractivity contribution in [1.29, 1.82) is 0 Å². The molecule has 0 amide bonds. The topological polar surface area (TPSA) is 26.0 Å². The second kappa shape index (κ2) is 4.18. The molecular formula is C13H19NS. The molecule has 1 nitrogen and oxygen atoms in total. The van der Waals surface area contributed by atoms with Crippen molar-refractivity contribution in [2.75, 3.05) is 6.26 Å². The van der Waals surface area contributed by atoms with Gasteiger partial charge in [-0.05, 0) is 43.2 Å². The third-order valence-electron chi connectivity index (χ3n) is 3.47. The van der Waals surface area contributed by atoms with E-state index in [-0.39, 0.29) is 5.54 Å². The first-order chi connectivity index (χ1) is 7.15. The van der Waals surface area contributed by atoms with E-state index in [9.17, 15) is 0 Å². The molecule has 0 saturated heterocycles. The third kappa shape index (κ3) is 2.06. The van der Waals surface area contributed by atoms with Crippen LogP contribution in [0.15, 0.2) is 23.1 Å². The van der Waals surface area contributed by atoms with Crippen molar-refractivity contribution in [3.63, 3.8) is 0 Å². The molecule has 1 saturated carbocycles. The molecule has 0 bridgehead atoms. The normalized spacial score (nSPS) is 19.4. The van der Waals surface area contributed by atoms with Crippen molar-refractivity contribution in [2.45, 2.75) is 43.0 Å². The molecule has 1 aromatic carbocycles. The molecule has 2 N–H and O–H groups in total. The lowest BCUT2D eigenvalue weighted by Crippen LogP contribution is -2.33. The first-order valence-corrected chi connectivity index (χ1v) is 6.82. The number of aryl methyl sites for hydroxylation is 1. The fourth-order valence-corrected chi connectivity index (χ4v) is 3.07. The Kier molecular flexibility index (Phi) is 3.08. The van der Waals surface area contributed by atoms with Crippen molar-refractivity contribution in [1.82, 2.24) is 0 Å². The minimum Gasteiger partial charge on any atom is -0.321 e. The van der Waals surface area contributed by atoms with Crippen LogP contribution in [0.5, 0.6) is 0 Å². The van der Waals surface area contributed by atoms with Crippen LogP contribution >= 0.6 is 11.8 Å². The Morgan fingerprint density at radius 2 is 1.93 bits per heavy atom. The first kappa shape index (κ1) is 11.0. The largest absolute Gasteiger partial charge is 0.321 e. The van der Waals surface area contributed by atoms with Crippen LogP contribution in [-0.4, -0.2) is 6.26 Å². The van der Waals surface area contributed by atoms with Crippen LogP contribution in [0.3, 0.4) is 0 Å². The molecule has 0 radical (unpaired) electrons. The van der Waals surface area contributed by atoms with Crippen LogP contribution in [-0.2, 0) is 5.54 Å². The Morgan fingerprint density at radius 1 is 1.27 bits per heavy atom. The fourth-order valence-electron chi connectivity index (χ4n) is 2.48. The summed E-state index contributed by atoms with van der Waals surface area (Å²) in [6, 6.07) is 6.70. The molecule has 0 spiro atoms. The van der Waals surface area contributed by atoms with Crippen LogP contribution < -0.4 is 5.73 Å². The van der Waals surface area contributed by atoms with Crippen molar-refractivity contribution >= 4 is 11.8 Å². The second-order valence-corrected chi connectivity index (χ2v) is 5.40. The highest BCUT2D eigenvalue weighted by molar-refractivity contribution is 7.98. The zero-order chi connectivity index (χ0) is 10.9. The molecular weight excluding hydrogens is 202 g/mol. The number of thioether (sulfide) groups is 1. The van der Waals surface area contributed by atoms with Crippen molar-refractivity contribution < 1.29 is 0 Å². The van der Waals surface area contributed by atoms with E-state index >= 15 is 0 Å². The first-order valence-electron chi connectivity index (χ1n) is 5.60. The maximum absolute atomic E-state index is 6.43. The average molecular weight is 221 g/mol. The Balaban J connectivity index is 2.33. The van der Waals surface area contributed by atoms with Crippen molar-refractivity contribution in [3.8, 4) is 0 Å². The lowest BCUT2D eigenvalue weighted by Gasteiger charge is -2.25. The highest BCUT2D eigenvalue weighted by Crippen LogP contribution is 2.37. The van der Waals surface area contributed by atoms with Crippen molar-refractivity contribution in [2.24, 2.45) is 5.73 Å². The Hall–Kier alpha value is -0.470. The smallest absolute Gasteiger partial charge is 0.0409 e. The van der Waals surface area contributed by atoms with E-state index in [4.69, 9.17) is 5.73 Å². The van der Waals surface area contributed by atoms with Gasteiger partial charge in [0.15, 0.2) is 0 Å². The quantitative estimate of drug-likeness (QED) is 0.774. The van der Waals surface area contributed by atoms with E-state index < -0.39 is 0 Å². The van der Waals surface area contributed by atoms with Gasteiger partial charge in [-0.1, -0.05) is 25.0 Å². The summed E-state index contributed by atoms with van der Waals surface area (Å²) >= 11 is 1.80. The van der Waals surface area contributed by atoms with Gasteiger partial charge in [0.2, 0.25) is 0 Å². The molecule has 1 aliphatic carbocycles. The van der Waals surface area contributed by atoms with Crippen LogP contribution in [0.1, 0.15) is 36.8 Å². The minimum absolute atomic E-state index is 0.0400. The summed E-state index contributed by atoms with van der Waals surface area (Å²) in [5, 5.41) is 0. The van der Waals surface area contributed by atoms with Gasteiger partial charge < -0.3 is 5.73 Å². The van der Waals surface area contributed by atoms with E-state index in [0.717, 1.165) is 12.8 Å². The van der Waals surface area contributed by atoms with Gasteiger partial charge in [-0.2, -0.15) is 0 Å². The molecule has 0 unspecified atom stereocenters. The fraction of sp³-hybridized carbons (Fsp3) is 0.538. The van der Waals surface area contributed by atoms with Gasteiger partial charge in [-0.25, -0.2) is 0 Å². The summed E-state index contributed by atoms with van der Waals surface area (Å²) in [6.07, 6.45) is 6.96. The number of benzene rings is 1. The maximum atomic E-state index is 6.43. The summed E-state index contributed by atoms with van der Waals surface area (Å²) < 4.78 is 0. The summed E-state index contributed by atoms with van der Waals surface area (Å²) in [6.45, 7) is 2.17. The predicted molar refractivity (Wildman–Crippen MR) is 67.3 cm³/mol. The zero-order valence-electron chi connectivity index (χ0n) is 9.55.